The molecule has 3 nitrogen and oxygen atoms in total. The summed E-state index contributed by atoms with van der Waals surface area (Å²) in [5.74, 6) is 0.179. The summed E-state index contributed by atoms with van der Waals surface area (Å²) >= 11 is 3.29. The predicted octanol–water partition coefficient (Wildman–Crippen LogP) is 2.84. The maximum absolute atomic E-state index is 12.2. The van der Waals surface area contributed by atoms with Crippen molar-refractivity contribution < 1.29 is 8.42 Å². The zero-order valence-corrected chi connectivity index (χ0v) is 13.2. The van der Waals surface area contributed by atoms with Crippen molar-refractivity contribution in [2.75, 3.05) is 24.2 Å². The van der Waals surface area contributed by atoms with Crippen LogP contribution in [0.15, 0.2) is 30.3 Å². The maximum Gasteiger partial charge on any atom is 0.214 e. The molecule has 0 aliphatic carbocycles. The molecule has 18 heavy (non-hydrogen) atoms. The Morgan fingerprint density at radius 3 is 2.39 bits per heavy atom. The largest absolute Gasteiger partial charge is 0.214 e. The lowest BCUT2D eigenvalue weighted by atomic mass is 10.0. The average molecular weight is 334 g/mol. The van der Waals surface area contributed by atoms with Crippen molar-refractivity contribution in [1.82, 2.24) is 4.31 Å². The van der Waals surface area contributed by atoms with E-state index in [2.05, 4.69) is 15.9 Å². The monoisotopic (exact) mass is 333 g/mol. The van der Waals surface area contributed by atoms with Crippen LogP contribution in [0.4, 0.5) is 0 Å². The van der Waals surface area contributed by atoms with E-state index in [1.54, 1.807) is 0 Å². The normalized spacial score (nSPS) is 13.8. The van der Waals surface area contributed by atoms with Gasteiger partial charge < -0.3 is 0 Å². The number of sulfonamides is 1. The lowest BCUT2D eigenvalue weighted by Gasteiger charge is -2.22. The fourth-order valence-corrected chi connectivity index (χ4v) is 4.35. The Morgan fingerprint density at radius 1 is 1.28 bits per heavy atom. The lowest BCUT2D eigenvalue weighted by Crippen LogP contribution is -2.35. The molecule has 0 aliphatic heterocycles. The van der Waals surface area contributed by atoms with Crippen LogP contribution in [-0.2, 0) is 10.0 Å². The molecule has 1 aromatic carbocycles. The second kappa shape index (κ2) is 7.26. The van der Waals surface area contributed by atoms with Gasteiger partial charge in [0.05, 0.1) is 5.75 Å². The van der Waals surface area contributed by atoms with Gasteiger partial charge >= 0.3 is 0 Å². The van der Waals surface area contributed by atoms with Gasteiger partial charge in [0.1, 0.15) is 0 Å². The molecule has 0 heterocycles. The highest BCUT2D eigenvalue weighted by atomic mass is 79.9. The Balaban J connectivity index is 2.76. The van der Waals surface area contributed by atoms with Crippen molar-refractivity contribution in [1.29, 1.82) is 0 Å². The first-order valence-corrected chi connectivity index (χ1v) is 8.83. The first-order chi connectivity index (χ1) is 8.51. The molecule has 0 amide bonds. The molecule has 1 rings (SSSR count). The van der Waals surface area contributed by atoms with E-state index in [-0.39, 0.29) is 11.7 Å². The van der Waals surface area contributed by atoms with E-state index >= 15 is 0 Å². The van der Waals surface area contributed by atoms with Crippen LogP contribution < -0.4 is 0 Å². The van der Waals surface area contributed by atoms with E-state index < -0.39 is 10.0 Å². The van der Waals surface area contributed by atoms with Gasteiger partial charge in [-0.05, 0) is 11.5 Å². The third kappa shape index (κ3) is 4.37. The first-order valence-electron chi connectivity index (χ1n) is 6.10. The summed E-state index contributed by atoms with van der Waals surface area (Å²) in [5, 5.41) is 0.666. The standard InChI is InChI=1S/C13H20BrNO2S/c1-3-15(10-9-14)18(16,17)11-12(2)13-7-5-4-6-8-13/h4-8,12H,3,9-11H2,1-2H3. The summed E-state index contributed by atoms with van der Waals surface area (Å²) in [7, 11) is -3.18. The van der Waals surface area contributed by atoms with Crippen LogP contribution in [0.5, 0.6) is 0 Å². The van der Waals surface area contributed by atoms with Crippen LogP contribution in [0.1, 0.15) is 25.3 Å². The molecule has 0 bridgehead atoms. The Bertz CT molecular complexity index is 447. The van der Waals surface area contributed by atoms with E-state index in [4.69, 9.17) is 0 Å². The predicted molar refractivity (Wildman–Crippen MR) is 79.7 cm³/mol. The van der Waals surface area contributed by atoms with E-state index in [1.807, 2.05) is 44.2 Å². The van der Waals surface area contributed by atoms with Crippen molar-refractivity contribution in [2.45, 2.75) is 19.8 Å². The smallest absolute Gasteiger partial charge is 0.212 e. The van der Waals surface area contributed by atoms with Crippen molar-refractivity contribution >= 4 is 26.0 Å². The molecule has 102 valence electrons. The van der Waals surface area contributed by atoms with Gasteiger partial charge in [0, 0.05) is 18.4 Å². The third-order valence-electron chi connectivity index (χ3n) is 2.91. The second-order valence-electron chi connectivity index (χ2n) is 4.27. The molecule has 5 heteroatoms. The molecule has 1 aromatic rings. The average Bonchev–Trinajstić information content (AvgIpc) is 2.36. The fourth-order valence-electron chi connectivity index (χ4n) is 1.89. The van der Waals surface area contributed by atoms with Crippen LogP contribution in [0.25, 0.3) is 0 Å². The lowest BCUT2D eigenvalue weighted by molar-refractivity contribution is 0.446. The van der Waals surface area contributed by atoms with Crippen LogP contribution in [-0.4, -0.2) is 36.9 Å². The first kappa shape index (κ1) is 15.7. The van der Waals surface area contributed by atoms with Crippen molar-refractivity contribution in [3.8, 4) is 0 Å². The molecule has 0 N–H and O–H groups in total. The molecule has 0 spiro atoms. The number of hydrogen-bond acceptors (Lipinski definition) is 2. The van der Waals surface area contributed by atoms with Crippen LogP contribution in [0, 0.1) is 0 Å². The molecule has 0 fully saturated rings. The summed E-state index contributed by atoms with van der Waals surface area (Å²) < 4.78 is 26.0. The van der Waals surface area contributed by atoms with Gasteiger partial charge in [-0.1, -0.05) is 60.1 Å². The summed E-state index contributed by atoms with van der Waals surface area (Å²) in [6, 6.07) is 9.76. The van der Waals surface area contributed by atoms with E-state index in [0.29, 0.717) is 18.4 Å². The summed E-state index contributed by atoms with van der Waals surface area (Å²) in [4.78, 5) is 0. The van der Waals surface area contributed by atoms with Crippen molar-refractivity contribution in [3.63, 3.8) is 0 Å². The Hall–Kier alpha value is -0.390. The highest BCUT2D eigenvalue weighted by molar-refractivity contribution is 9.09. The molecule has 0 aliphatic rings. The summed E-state index contributed by atoms with van der Waals surface area (Å²) in [6.45, 7) is 4.87. The van der Waals surface area contributed by atoms with Gasteiger partial charge in [0.2, 0.25) is 10.0 Å². The molecule has 0 aromatic heterocycles. The van der Waals surface area contributed by atoms with Crippen molar-refractivity contribution in [3.05, 3.63) is 35.9 Å². The molecule has 0 saturated heterocycles. The minimum absolute atomic E-state index is 0.0144. The molecule has 0 saturated carbocycles. The zero-order valence-electron chi connectivity index (χ0n) is 10.8. The SMILES string of the molecule is CCN(CCBr)S(=O)(=O)CC(C)c1ccccc1. The molecular formula is C13H20BrNO2S. The van der Waals surface area contributed by atoms with E-state index in [9.17, 15) is 8.42 Å². The summed E-state index contributed by atoms with van der Waals surface area (Å²) in [6.07, 6.45) is 0. The van der Waals surface area contributed by atoms with Gasteiger partial charge in [-0.25, -0.2) is 12.7 Å². The number of hydrogen-bond donors (Lipinski definition) is 0. The molecular weight excluding hydrogens is 314 g/mol. The van der Waals surface area contributed by atoms with Crippen LogP contribution in [0.2, 0.25) is 0 Å². The number of benzene rings is 1. The highest BCUT2D eigenvalue weighted by Gasteiger charge is 2.23. The minimum atomic E-state index is -3.18. The highest BCUT2D eigenvalue weighted by Crippen LogP contribution is 2.18. The maximum atomic E-state index is 12.2. The Kier molecular flexibility index (Phi) is 6.32. The minimum Gasteiger partial charge on any atom is -0.212 e. The topological polar surface area (TPSA) is 37.4 Å². The second-order valence-corrected chi connectivity index (χ2v) is 7.08. The summed E-state index contributed by atoms with van der Waals surface area (Å²) in [5.41, 5.74) is 1.07. The van der Waals surface area contributed by atoms with E-state index in [1.165, 1.54) is 4.31 Å². The van der Waals surface area contributed by atoms with Gasteiger partial charge in [-0.2, -0.15) is 0 Å². The van der Waals surface area contributed by atoms with Gasteiger partial charge in [0.25, 0.3) is 0 Å². The number of alkyl halides is 1. The van der Waals surface area contributed by atoms with Crippen LogP contribution >= 0.6 is 15.9 Å². The van der Waals surface area contributed by atoms with Gasteiger partial charge in [0.15, 0.2) is 0 Å². The number of nitrogens with zero attached hydrogens (tertiary/aromatic N) is 1. The third-order valence-corrected chi connectivity index (χ3v) is 5.41. The Labute approximate surface area is 118 Å². The van der Waals surface area contributed by atoms with Gasteiger partial charge in [-0.3, -0.25) is 0 Å². The zero-order chi connectivity index (χ0) is 13.6. The number of halogens is 1. The quantitative estimate of drug-likeness (QED) is 0.719. The van der Waals surface area contributed by atoms with Gasteiger partial charge in [-0.15, -0.1) is 0 Å². The fraction of sp³-hybridized carbons (Fsp3) is 0.538. The molecule has 1 unspecified atom stereocenters. The molecule has 0 radical (unpaired) electrons. The van der Waals surface area contributed by atoms with E-state index in [0.717, 1.165) is 5.56 Å². The number of rotatable bonds is 7. The van der Waals surface area contributed by atoms with Crippen LogP contribution in [0.3, 0.4) is 0 Å². The molecule has 1 atom stereocenters. The van der Waals surface area contributed by atoms with Crippen molar-refractivity contribution in [2.24, 2.45) is 0 Å². The Morgan fingerprint density at radius 2 is 1.89 bits per heavy atom.